The number of ketones is 1. The van der Waals surface area contributed by atoms with Crippen molar-refractivity contribution in [3.63, 3.8) is 0 Å². The third kappa shape index (κ3) is 2.21. The average molecular weight is 264 g/mol. The maximum Gasteiger partial charge on any atom is 0.213 e. The lowest BCUT2D eigenvalue weighted by atomic mass is 10.2. The van der Waals surface area contributed by atoms with Gasteiger partial charge in [0, 0.05) is 5.92 Å². The molecule has 18 heavy (non-hydrogen) atoms. The van der Waals surface area contributed by atoms with Gasteiger partial charge < -0.3 is 15.6 Å². The zero-order valence-corrected chi connectivity index (χ0v) is 10.4. The molecule has 0 aliphatic heterocycles. The van der Waals surface area contributed by atoms with Gasteiger partial charge in [0.2, 0.25) is 6.39 Å². The van der Waals surface area contributed by atoms with Crippen LogP contribution in [0.3, 0.4) is 0 Å². The van der Waals surface area contributed by atoms with E-state index in [-0.39, 0.29) is 11.7 Å². The molecule has 2 aromatic rings. The maximum atomic E-state index is 11.9. The summed E-state index contributed by atoms with van der Waals surface area (Å²) in [6.07, 6.45) is 3.26. The number of nitrogens with zero attached hydrogens (tertiary/aromatic N) is 2. The van der Waals surface area contributed by atoms with E-state index in [4.69, 9.17) is 5.73 Å². The van der Waals surface area contributed by atoms with Gasteiger partial charge in [0.05, 0.1) is 22.1 Å². The molecule has 1 aliphatic rings. The van der Waals surface area contributed by atoms with Crippen molar-refractivity contribution in [2.75, 3.05) is 11.1 Å². The molecular weight excluding hydrogens is 252 g/mol. The summed E-state index contributed by atoms with van der Waals surface area (Å²) in [5.74, 6) is 0.929. The Morgan fingerprint density at radius 2 is 2.44 bits per heavy atom. The van der Waals surface area contributed by atoms with E-state index in [1.165, 1.54) is 17.7 Å². The SMILES string of the molecule is Nc1cc(NCc2ncon2)sc1C(=O)C1CC1. The van der Waals surface area contributed by atoms with Gasteiger partial charge in [0.1, 0.15) is 0 Å². The second-order valence-electron chi connectivity index (χ2n) is 4.23. The standard InChI is InChI=1S/C11H12N4O2S/c12-7-3-9(13-4-8-14-5-17-15-8)18-11(7)10(16)6-1-2-6/h3,5-6,13H,1-2,4,12H2. The van der Waals surface area contributed by atoms with Crippen molar-refractivity contribution in [2.24, 2.45) is 5.92 Å². The molecule has 0 unspecified atom stereocenters. The Hall–Kier alpha value is -1.89. The number of anilines is 2. The number of hydrogen-bond acceptors (Lipinski definition) is 7. The number of nitrogens with two attached hydrogens (primary N) is 1. The lowest BCUT2D eigenvalue weighted by Gasteiger charge is -1.97. The first-order valence-corrected chi connectivity index (χ1v) is 6.48. The highest BCUT2D eigenvalue weighted by Gasteiger charge is 2.32. The molecule has 94 valence electrons. The summed E-state index contributed by atoms with van der Waals surface area (Å²) in [6.45, 7) is 0.452. The summed E-state index contributed by atoms with van der Waals surface area (Å²) < 4.78 is 4.63. The molecule has 6 nitrogen and oxygen atoms in total. The van der Waals surface area contributed by atoms with Crippen molar-refractivity contribution < 1.29 is 9.32 Å². The predicted octanol–water partition coefficient (Wildman–Crippen LogP) is 1.92. The molecule has 7 heteroatoms. The van der Waals surface area contributed by atoms with Crippen molar-refractivity contribution in [2.45, 2.75) is 19.4 Å². The average Bonchev–Trinajstić information content (AvgIpc) is 2.95. The Kier molecular flexibility index (Phi) is 2.75. The largest absolute Gasteiger partial charge is 0.397 e. The first kappa shape index (κ1) is 11.2. The van der Waals surface area contributed by atoms with Crippen LogP contribution in [0.5, 0.6) is 0 Å². The third-order valence-electron chi connectivity index (χ3n) is 2.76. The number of rotatable bonds is 5. The lowest BCUT2D eigenvalue weighted by molar-refractivity contribution is 0.0972. The molecule has 3 rings (SSSR count). The number of nitrogen functional groups attached to an aromatic ring is 1. The Labute approximate surface area is 107 Å². The van der Waals surface area contributed by atoms with Crippen LogP contribution in [0, 0.1) is 5.92 Å². The Morgan fingerprint density at radius 1 is 1.61 bits per heavy atom. The van der Waals surface area contributed by atoms with Crippen LogP contribution >= 0.6 is 11.3 Å². The minimum Gasteiger partial charge on any atom is -0.397 e. The normalized spacial score (nSPS) is 14.7. The van der Waals surface area contributed by atoms with E-state index >= 15 is 0 Å². The van der Waals surface area contributed by atoms with E-state index in [9.17, 15) is 4.79 Å². The third-order valence-corrected chi connectivity index (χ3v) is 3.88. The van der Waals surface area contributed by atoms with Crippen LogP contribution in [-0.2, 0) is 6.54 Å². The summed E-state index contributed by atoms with van der Waals surface area (Å²) in [4.78, 5) is 16.5. The molecule has 2 heterocycles. The van der Waals surface area contributed by atoms with Crippen molar-refractivity contribution >= 4 is 27.8 Å². The molecule has 0 radical (unpaired) electrons. The topological polar surface area (TPSA) is 94.0 Å². The highest BCUT2D eigenvalue weighted by Crippen LogP contribution is 2.38. The summed E-state index contributed by atoms with van der Waals surface area (Å²) in [7, 11) is 0. The van der Waals surface area contributed by atoms with Crippen LogP contribution < -0.4 is 11.1 Å². The summed E-state index contributed by atoms with van der Waals surface area (Å²) in [5.41, 5.74) is 6.41. The van der Waals surface area contributed by atoms with Crippen LogP contribution in [0.2, 0.25) is 0 Å². The van der Waals surface area contributed by atoms with Crippen molar-refractivity contribution in [3.8, 4) is 0 Å². The number of hydrogen-bond donors (Lipinski definition) is 2. The number of aromatic nitrogens is 2. The predicted molar refractivity (Wildman–Crippen MR) is 67.4 cm³/mol. The van der Waals surface area contributed by atoms with E-state index in [0.29, 0.717) is 22.9 Å². The molecular formula is C11H12N4O2S. The van der Waals surface area contributed by atoms with Crippen LogP contribution in [0.25, 0.3) is 0 Å². The summed E-state index contributed by atoms with van der Waals surface area (Å²) in [5, 5.41) is 7.66. The minimum atomic E-state index is 0.171. The Bertz CT molecular complexity index is 560. The first-order valence-electron chi connectivity index (χ1n) is 5.66. The van der Waals surface area contributed by atoms with Gasteiger partial charge in [-0.3, -0.25) is 4.79 Å². The molecule has 1 saturated carbocycles. The summed E-state index contributed by atoms with van der Waals surface area (Å²) >= 11 is 1.39. The zero-order chi connectivity index (χ0) is 12.5. The molecule has 0 bridgehead atoms. The molecule has 1 aliphatic carbocycles. The fourth-order valence-corrected chi connectivity index (χ4v) is 2.65. The molecule has 3 N–H and O–H groups in total. The number of Topliss-reactive ketones (excluding diaryl/α,β-unsaturated/α-hetero) is 1. The minimum absolute atomic E-state index is 0.171. The quantitative estimate of drug-likeness (QED) is 0.801. The Balaban J connectivity index is 1.69. The molecule has 0 aromatic carbocycles. The zero-order valence-electron chi connectivity index (χ0n) is 9.55. The van der Waals surface area contributed by atoms with E-state index in [1.807, 2.05) is 0 Å². The molecule has 0 atom stereocenters. The van der Waals surface area contributed by atoms with Crippen LogP contribution in [0.15, 0.2) is 17.0 Å². The number of carbonyl (C=O) groups is 1. The van der Waals surface area contributed by atoms with Gasteiger partial charge in [-0.25, -0.2) is 0 Å². The number of thiophene rings is 1. The van der Waals surface area contributed by atoms with Gasteiger partial charge in [-0.05, 0) is 18.9 Å². The molecule has 0 saturated heterocycles. The lowest BCUT2D eigenvalue weighted by Crippen LogP contribution is -2.01. The molecule has 0 amide bonds. The maximum absolute atomic E-state index is 11.9. The van der Waals surface area contributed by atoms with E-state index in [0.717, 1.165) is 17.8 Å². The Morgan fingerprint density at radius 3 is 3.11 bits per heavy atom. The van der Waals surface area contributed by atoms with Gasteiger partial charge in [-0.15, -0.1) is 11.3 Å². The van der Waals surface area contributed by atoms with Crippen molar-refractivity contribution in [1.29, 1.82) is 0 Å². The van der Waals surface area contributed by atoms with Gasteiger partial charge in [0.15, 0.2) is 11.6 Å². The number of carbonyl (C=O) groups excluding carboxylic acids is 1. The second-order valence-corrected chi connectivity index (χ2v) is 5.29. The van der Waals surface area contributed by atoms with Gasteiger partial charge in [-0.1, -0.05) is 5.16 Å². The molecule has 1 fully saturated rings. The van der Waals surface area contributed by atoms with Crippen molar-refractivity contribution in [3.05, 3.63) is 23.2 Å². The van der Waals surface area contributed by atoms with Crippen LogP contribution in [0.4, 0.5) is 10.7 Å². The van der Waals surface area contributed by atoms with E-state index in [2.05, 4.69) is 20.0 Å². The van der Waals surface area contributed by atoms with Gasteiger partial charge in [-0.2, -0.15) is 4.98 Å². The van der Waals surface area contributed by atoms with Crippen LogP contribution in [0.1, 0.15) is 28.3 Å². The smallest absolute Gasteiger partial charge is 0.213 e. The fourth-order valence-electron chi connectivity index (χ4n) is 1.65. The summed E-state index contributed by atoms with van der Waals surface area (Å²) in [6, 6.07) is 1.78. The van der Waals surface area contributed by atoms with E-state index in [1.54, 1.807) is 6.07 Å². The first-order chi connectivity index (χ1) is 8.74. The van der Waals surface area contributed by atoms with Crippen molar-refractivity contribution in [1.82, 2.24) is 10.1 Å². The monoisotopic (exact) mass is 264 g/mol. The van der Waals surface area contributed by atoms with E-state index < -0.39 is 0 Å². The highest BCUT2D eigenvalue weighted by molar-refractivity contribution is 7.18. The highest BCUT2D eigenvalue weighted by atomic mass is 32.1. The second kappa shape index (κ2) is 4.41. The van der Waals surface area contributed by atoms with Gasteiger partial charge in [0.25, 0.3) is 0 Å². The van der Waals surface area contributed by atoms with Gasteiger partial charge >= 0.3 is 0 Å². The fraction of sp³-hybridized carbons (Fsp3) is 0.364. The molecule has 0 spiro atoms. The van der Waals surface area contributed by atoms with Crippen LogP contribution in [-0.4, -0.2) is 15.9 Å². The molecule has 2 aromatic heterocycles. The number of nitrogens with one attached hydrogen (secondary N) is 1.